The van der Waals surface area contributed by atoms with Crippen molar-refractivity contribution in [1.82, 2.24) is 5.32 Å². The summed E-state index contributed by atoms with van der Waals surface area (Å²) in [7, 11) is 0. The molecule has 0 bridgehead atoms. The second-order valence-electron chi connectivity index (χ2n) is 5.32. The minimum absolute atomic E-state index is 0.0734. The summed E-state index contributed by atoms with van der Waals surface area (Å²) in [6.07, 6.45) is 0.936. The molecule has 0 atom stereocenters. The number of anilines is 1. The molecule has 1 aromatic carbocycles. The van der Waals surface area contributed by atoms with Gasteiger partial charge in [0.15, 0.2) is 11.5 Å². The van der Waals surface area contributed by atoms with Crippen LogP contribution < -0.4 is 20.1 Å². The zero-order chi connectivity index (χ0) is 14.8. The molecule has 110 valence electrons. The zero-order valence-corrected chi connectivity index (χ0v) is 12.6. The highest BCUT2D eigenvalue weighted by molar-refractivity contribution is 6.34. The minimum Gasteiger partial charge on any atom is -0.454 e. The van der Waals surface area contributed by atoms with Crippen LogP contribution in [0.2, 0.25) is 5.02 Å². The maximum atomic E-state index is 11.9. The van der Waals surface area contributed by atoms with Gasteiger partial charge in [-0.1, -0.05) is 18.5 Å². The Hall–Kier alpha value is -1.46. The Morgan fingerprint density at radius 2 is 2.00 bits per heavy atom. The van der Waals surface area contributed by atoms with Gasteiger partial charge in [-0.2, -0.15) is 0 Å². The van der Waals surface area contributed by atoms with Gasteiger partial charge in [-0.25, -0.2) is 0 Å². The van der Waals surface area contributed by atoms with Gasteiger partial charge in [0, 0.05) is 17.7 Å². The molecule has 5 nitrogen and oxygen atoms in total. The molecule has 0 aliphatic carbocycles. The molecule has 20 heavy (non-hydrogen) atoms. The summed E-state index contributed by atoms with van der Waals surface area (Å²) in [6, 6.07) is 3.32. The molecule has 0 unspecified atom stereocenters. The third kappa shape index (κ3) is 3.55. The van der Waals surface area contributed by atoms with E-state index in [1.165, 1.54) is 0 Å². The number of benzene rings is 1. The largest absolute Gasteiger partial charge is 0.454 e. The summed E-state index contributed by atoms with van der Waals surface area (Å²) < 4.78 is 10.5. The van der Waals surface area contributed by atoms with E-state index in [4.69, 9.17) is 21.1 Å². The van der Waals surface area contributed by atoms with E-state index in [0.29, 0.717) is 22.2 Å². The number of carbonyl (C=O) groups excluding carboxylic acids is 1. The van der Waals surface area contributed by atoms with Crippen molar-refractivity contribution in [3.8, 4) is 11.5 Å². The van der Waals surface area contributed by atoms with Crippen LogP contribution in [0.3, 0.4) is 0 Å². The molecule has 1 aliphatic rings. The molecule has 2 N–H and O–H groups in total. The number of fused-ring (bicyclic) bond motifs is 1. The first kappa shape index (κ1) is 14.9. The molecule has 0 fully saturated rings. The van der Waals surface area contributed by atoms with E-state index in [2.05, 4.69) is 17.6 Å². The van der Waals surface area contributed by atoms with Crippen molar-refractivity contribution in [3.05, 3.63) is 17.2 Å². The van der Waals surface area contributed by atoms with Crippen LogP contribution in [-0.4, -0.2) is 24.8 Å². The van der Waals surface area contributed by atoms with E-state index in [0.717, 1.165) is 6.42 Å². The van der Waals surface area contributed by atoms with Gasteiger partial charge in [-0.3, -0.25) is 4.79 Å². The lowest BCUT2D eigenvalue weighted by Gasteiger charge is -2.24. The van der Waals surface area contributed by atoms with Gasteiger partial charge in [0.25, 0.3) is 0 Å². The Balaban J connectivity index is 1.98. The Morgan fingerprint density at radius 3 is 2.65 bits per heavy atom. The van der Waals surface area contributed by atoms with Crippen LogP contribution in [-0.2, 0) is 4.79 Å². The van der Waals surface area contributed by atoms with Gasteiger partial charge < -0.3 is 20.1 Å². The number of amides is 1. The van der Waals surface area contributed by atoms with Crippen LogP contribution in [0, 0.1) is 0 Å². The quantitative estimate of drug-likeness (QED) is 0.877. The van der Waals surface area contributed by atoms with Gasteiger partial charge in [0.05, 0.1) is 17.3 Å². The summed E-state index contributed by atoms with van der Waals surface area (Å²) in [6.45, 7) is 6.57. The molecule has 0 saturated heterocycles. The van der Waals surface area contributed by atoms with Gasteiger partial charge in [-0.15, -0.1) is 0 Å². The first-order valence-corrected chi connectivity index (χ1v) is 6.93. The minimum atomic E-state index is -0.146. The van der Waals surface area contributed by atoms with Crippen LogP contribution in [0.5, 0.6) is 11.5 Å². The Labute approximate surface area is 123 Å². The second-order valence-corrected chi connectivity index (χ2v) is 5.73. The lowest BCUT2D eigenvalue weighted by atomic mass is 10.0. The summed E-state index contributed by atoms with van der Waals surface area (Å²) in [4.78, 5) is 11.9. The third-order valence-corrected chi connectivity index (χ3v) is 3.66. The number of carbonyl (C=O) groups is 1. The molecule has 0 aromatic heterocycles. The summed E-state index contributed by atoms with van der Waals surface area (Å²) in [5, 5.41) is 6.39. The summed E-state index contributed by atoms with van der Waals surface area (Å²) >= 11 is 6.10. The highest BCUT2D eigenvalue weighted by Gasteiger charge is 2.19. The van der Waals surface area contributed by atoms with E-state index in [1.807, 2.05) is 13.8 Å². The van der Waals surface area contributed by atoms with Crippen molar-refractivity contribution in [1.29, 1.82) is 0 Å². The van der Waals surface area contributed by atoms with Crippen molar-refractivity contribution in [2.45, 2.75) is 32.7 Å². The van der Waals surface area contributed by atoms with Crippen molar-refractivity contribution < 1.29 is 14.3 Å². The molecule has 6 heteroatoms. The van der Waals surface area contributed by atoms with Crippen molar-refractivity contribution in [3.63, 3.8) is 0 Å². The number of ether oxygens (including phenoxy) is 2. The first-order valence-electron chi connectivity index (χ1n) is 6.55. The van der Waals surface area contributed by atoms with Crippen LogP contribution in [0.4, 0.5) is 5.69 Å². The number of nitrogens with one attached hydrogen (secondary N) is 2. The van der Waals surface area contributed by atoms with Crippen molar-refractivity contribution in [2.75, 3.05) is 18.7 Å². The lowest BCUT2D eigenvalue weighted by molar-refractivity contribution is -0.115. The van der Waals surface area contributed by atoms with E-state index >= 15 is 0 Å². The lowest BCUT2D eigenvalue weighted by Crippen LogP contribution is -2.43. The Morgan fingerprint density at radius 1 is 1.35 bits per heavy atom. The van der Waals surface area contributed by atoms with Crippen LogP contribution >= 0.6 is 11.6 Å². The van der Waals surface area contributed by atoms with Crippen molar-refractivity contribution in [2.24, 2.45) is 0 Å². The fourth-order valence-electron chi connectivity index (χ4n) is 1.65. The third-order valence-electron chi connectivity index (χ3n) is 3.35. The highest BCUT2D eigenvalue weighted by atomic mass is 35.5. The predicted octanol–water partition coefficient (Wildman–Crippen LogP) is 2.79. The predicted molar refractivity (Wildman–Crippen MR) is 78.6 cm³/mol. The van der Waals surface area contributed by atoms with E-state index < -0.39 is 0 Å². The normalized spacial score (nSPS) is 13.4. The van der Waals surface area contributed by atoms with Gasteiger partial charge in [-0.05, 0) is 20.3 Å². The van der Waals surface area contributed by atoms with Gasteiger partial charge in [0.1, 0.15) is 0 Å². The van der Waals surface area contributed by atoms with Crippen LogP contribution in [0.15, 0.2) is 12.1 Å². The molecule has 1 amide bonds. The number of rotatable bonds is 5. The summed E-state index contributed by atoms with van der Waals surface area (Å²) in [5.74, 6) is 1.04. The first-order chi connectivity index (χ1) is 9.41. The Kier molecular flexibility index (Phi) is 4.40. The molecule has 0 radical (unpaired) electrons. The molecular weight excluding hydrogens is 280 g/mol. The maximum absolute atomic E-state index is 11.9. The fourth-order valence-corrected chi connectivity index (χ4v) is 1.85. The molecular formula is C14H19ClN2O3. The molecule has 1 aliphatic heterocycles. The van der Waals surface area contributed by atoms with Gasteiger partial charge in [0.2, 0.25) is 12.7 Å². The van der Waals surface area contributed by atoms with E-state index in [-0.39, 0.29) is 24.8 Å². The molecule has 0 spiro atoms. The maximum Gasteiger partial charge on any atom is 0.238 e. The molecule has 1 aromatic rings. The van der Waals surface area contributed by atoms with Crippen LogP contribution in [0.1, 0.15) is 27.2 Å². The average Bonchev–Trinajstić information content (AvgIpc) is 2.84. The number of hydrogen-bond donors (Lipinski definition) is 2. The highest BCUT2D eigenvalue weighted by Crippen LogP contribution is 2.39. The number of hydrogen-bond acceptors (Lipinski definition) is 4. The standard InChI is InChI=1S/C14H19ClN2O3/c1-4-14(2,3)16-7-13(18)17-10-6-12-11(5-9(10)15)19-8-20-12/h5-6,16H,4,7-8H2,1-3H3,(H,17,18). The average molecular weight is 299 g/mol. The van der Waals surface area contributed by atoms with Gasteiger partial charge >= 0.3 is 0 Å². The smallest absolute Gasteiger partial charge is 0.238 e. The van der Waals surface area contributed by atoms with Crippen molar-refractivity contribution >= 4 is 23.2 Å². The Bertz CT molecular complexity index is 517. The second kappa shape index (κ2) is 5.89. The van der Waals surface area contributed by atoms with Crippen LogP contribution in [0.25, 0.3) is 0 Å². The van der Waals surface area contributed by atoms with E-state index in [1.54, 1.807) is 12.1 Å². The zero-order valence-electron chi connectivity index (χ0n) is 11.9. The SMILES string of the molecule is CCC(C)(C)NCC(=O)Nc1cc2c(cc1Cl)OCO2. The summed E-state index contributed by atoms with van der Waals surface area (Å²) in [5.41, 5.74) is 0.452. The fraction of sp³-hybridized carbons (Fsp3) is 0.500. The number of halogens is 1. The molecule has 2 rings (SSSR count). The molecule has 0 saturated carbocycles. The molecule has 1 heterocycles. The monoisotopic (exact) mass is 298 g/mol. The topological polar surface area (TPSA) is 59.6 Å². The van der Waals surface area contributed by atoms with E-state index in [9.17, 15) is 4.79 Å².